The lowest BCUT2D eigenvalue weighted by atomic mass is 10.2. The number of hydrogen-bond donors (Lipinski definition) is 1. The number of aromatic nitrogens is 6. The van der Waals surface area contributed by atoms with Crippen LogP contribution in [0.25, 0.3) is 26.8 Å². The summed E-state index contributed by atoms with van der Waals surface area (Å²) >= 11 is 8.63. The Morgan fingerprint density at radius 3 is 3.00 bits per heavy atom. The second-order valence-electron chi connectivity index (χ2n) is 5.79. The number of benzene rings is 2. The largest absolute Gasteiger partial charge is 0.301 e. The average Bonchev–Trinajstić information content (AvgIpc) is 3.32. The molecule has 0 saturated heterocycles. The second-order valence-corrected chi connectivity index (χ2v) is 8.20. The third-order valence-electron chi connectivity index (χ3n) is 3.94. The molecule has 28 heavy (non-hydrogen) atoms. The van der Waals surface area contributed by atoms with Crippen LogP contribution in [-0.2, 0) is 4.79 Å². The number of thioether (sulfide) groups is 1. The molecule has 5 rings (SSSR count). The summed E-state index contributed by atoms with van der Waals surface area (Å²) in [6.45, 7) is 0. The maximum absolute atomic E-state index is 12.4. The van der Waals surface area contributed by atoms with Crippen LogP contribution < -0.4 is 5.32 Å². The van der Waals surface area contributed by atoms with E-state index in [2.05, 4.69) is 30.8 Å². The van der Waals surface area contributed by atoms with Crippen molar-refractivity contribution in [3.05, 3.63) is 47.5 Å². The number of amides is 1. The van der Waals surface area contributed by atoms with E-state index < -0.39 is 0 Å². The van der Waals surface area contributed by atoms with Gasteiger partial charge < -0.3 is 5.32 Å². The summed E-state index contributed by atoms with van der Waals surface area (Å²) in [7, 11) is 0. The summed E-state index contributed by atoms with van der Waals surface area (Å²) in [6.07, 6.45) is 0. The zero-order valence-corrected chi connectivity index (χ0v) is 16.4. The van der Waals surface area contributed by atoms with Gasteiger partial charge in [-0.25, -0.2) is 9.97 Å². The molecule has 0 unspecified atom stereocenters. The van der Waals surface area contributed by atoms with Crippen molar-refractivity contribution < 1.29 is 4.79 Å². The van der Waals surface area contributed by atoms with E-state index in [9.17, 15) is 4.79 Å². The lowest BCUT2D eigenvalue weighted by Gasteiger charge is -2.05. The van der Waals surface area contributed by atoms with Crippen LogP contribution in [0.1, 0.15) is 0 Å². The zero-order valence-electron chi connectivity index (χ0n) is 14.0. The van der Waals surface area contributed by atoms with Crippen LogP contribution >= 0.6 is 34.7 Å². The van der Waals surface area contributed by atoms with E-state index in [1.54, 1.807) is 10.6 Å². The van der Waals surface area contributed by atoms with E-state index in [0.717, 1.165) is 21.1 Å². The highest BCUT2D eigenvalue weighted by atomic mass is 35.5. The molecule has 3 heterocycles. The Labute approximate surface area is 170 Å². The van der Waals surface area contributed by atoms with Gasteiger partial charge in [-0.2, -0.15) is 4.52 Å². The van der Waals surface area contributed by atoms with Gasteiger partial charge in [-0.05, 0) is 40.8 Å². The number of nitrogens with zero attached hydrogens (tertiary/aromatic N) is 6. The summed E-state index contributed by atoms with van der Waals surface area (Å²) in [4.78, 5) is 21.4. The van der Waals surface area contributed by atoms with Crippen molar-refractivity contribution in [1.29, 1.82) is 0 Å². The SMILES string of the molecule is O=C(CSc1nc2ccccc2c2nnnn12)Nc1nc2ccc(Cl)cc2s1. The van der Waals surface area contributed by atoms with E-state index in [4.69, 9.17) is 11.6 Å². The molecule has 138 valence electrons. The molecule has 1 N–H and O–H groups in total. The lowest BCUT2D eigenvalue weighted by molar-refractivity contribution is -0.113. The quantitative estimate of drug-likeness (QED) is 0.345. The van der Waals surface area contributed by atoms with Crippen molar-refractivity contribution in [2.75, 3.05) is 11.1 Å². The van der Waals surface area contributed by atoms with Gasteiger partial charge in [0.15, 0.2) is 15.9 Å². The molecule has 0 aliphatic heterocycles. The minimum Gasteiger partial charge on any atom is -0.301 e. The highest BCUT2D eigenvalue weighted by Gasteiger charge is 2.14. The molecule has 0 bridgehead atoms. The second kappa shape index (κ2) is 6.97. The molecule has 2 aromatic carbocycles. The van der Waals surface area contributed by atoms with E-state index in [1.807, 2.05) is 36.4 Å². The van der Waals surface area contributed by atoms with Crippen LogP contribution in [0.15, 0.2) is 47.6 Å². The Morgan fingerprint density at radius 1 is 1.18 bits per heavy atom. The summed E-state index contributed by atoms with van der Waals surface area (Å²) in [5.41, 5.74) is 2.18. The third kappa shape index (κ3) is 3.15. The first kappa shape index (κ1) is 17.3. The van der Waals surface area contributed by atoms with Crippen LogP contribution in [-0.4, -0.2) is 41.7 Å². The number of hydrogen-bond acceptors (Lipinski definition) is 8. The first-order valence-corrected chi connectivity index (χ1v) is 10.3. The molecule has 0 atom stereocenters. The molecular weight excluding hydrogens is 418 g/mol. The van der Waals surface area contributed by atoms with Crippen molar-refractivity contribution in [1.82, 2.24) is 30.0 Å². The average molecular weight is 428 g/mol. The number of fused-ring (bicyclic) bond motifs is 4. The fraction of sp³-hybridized carbons (Fsp3) is 0.0588. The third-order valence-corrected chi connectivity index (χ3v) is 6.04. The van der Waals surface area contributed by atoms with Gasteiger partial charge in [0, 0.05) is 10.4 Å². The fourth-order valence-corrected chi connectivity index (χ4v) is 4.62. The van der Waals surface area contributed by atoms with Crippen molar-refractivity contribution in [2.45, 2.75) is 5.16 Å². The fourth-order valence-electron chi connectivity index (χ4n) is 2.73. The first-order chi connectivity index (χ1) is 13.7. The number of carbonyl (C=O) groups is 1. The summed E-state index contributed by atoms with van der Waals surface area (Å²) in [5, 5.41) is 17.2. The van der Waals surface area contributed by atoms with Crippen LogP contribution in [0.3, 0.4) is 0 Å². The summed E-state index contributed by atoms with van der Waals surface area (Å²) in [5.74, 6) is -0.0388. The van der Waals surface area contributed by atoms with Crippen LogP contribution in [0, 0.1) is 0 Å². The maximum Gasteiger partial charge on any atom is 0.236 e. The minimum absolute atomic E-state index is 0.150. The van der Waals surface area contributed by atoms with Gasteiger partial charge in [0.05, 0.1) is 21.5 Å². The number of anilines is 1. The van der Waals surface area contributed by atoms with Crippen LogP contribution in [0.5, 0.6) is 0 Å². The number of tetrazole rings is 1. The van der Waals surface area contributed by atoms with Crippen molar-refractivity contribution >= 4 is 72.5 Å². The molecule has 1 amide bonds. The van der Waals surface area contributed by atoms with Gasteiger partial charge in [-0.15, -0.1) is 5.10 Å². The topological polar surface area (TPSA) is 98.0 Å². The molecule has 0 radical (unpaired) electrons. The molecule has 0 aliphatic rings. The van der Waals surface area contributed by atoms with Gasteiger partial charge in [0.2, 0.25) is 5.91 Å². The Bertz CT molecular complexity index is 1350. The van der Waals surface area contributed by atoms with Gasteiger partial charge >= 0.3 is 0 Å². The number of carbonyl (C=O) groups excluding carboxylic acids is 1. The molecule has 0 aliphatic carbocycles. The number of rotatable bonds is 4. The van der Waals surface area contributed by atoms with Crippen molar-refractivity contribution in [3.8, 4) is 0 Å². The lowest BCUT2D eigenvalue weighted by Crippen LogP contribution is -2.14. The van der Waals surface area contributed by atoms with E-state index in [-0.39, 0.29) is 11.7 Å². The Balaban J connectivity index is 1.36. The van der Waals surface area contributed by atoms with E-state index in [0.29, 0.717) is 21.0 Å². The highest BCUT2D eigenvalue weighted by molar-refractivity contribution is 7.99. The maximum atomic E-state index is 12.4. The van der Waals surface area contributed by atoms with Crippen molar-refractivity contribution in [2.24, 2.45) is 0 Å². The summed E-state index contributed by atoms with van der Waals surface area (Å²) in [6, 6.07) is 13.0. The molecule has 0 fully saturated rings. The molecule has 0 spiro atoms. The van der Waals surface area contributed by atoms with Crippen molar-refractivity contribution in [3.63, 3.8) is 0 Å². The number of thiazole rings is 1. The van der Waals surface area contributed by atoms with Crippen LogP contribution in [0.2, 0.25) is 5.02 Å². The van der Waals surface area contributed by atoms with Gasteiger partial charge in [0.1, 0.15) is 0 Å². The Morgan fingerprint density at radius 2 is 2.07 bits per heavy atom. The standard InChI is InChI=1S/C17H10ClN7OS2/c18-9-5-6-12-13(7-9)28-16(19-12)21-14(26)8-27-17-20-11-4-2-1-3-10(11)15-22-23-24-25(15)17/h1-7H,8H2,(H,19,21,26). The molecule has 5 aromatic rings. The number of para-hydroxylation sites is 1. The molecule has 8 nitrogen and oxygen atoms in total. The summed E-state index contributed by atoms with van der Waals surface area (Å²) < 4.78 is 2.46. The smallest absolute Gasteiger partial charge is 0.236 e. The monoisotopic (exact) mass is 427 g/mol. The first-order valence-electron chi connectivity index (χ1n) is 8.13. The molecular formula is C17H10ClN7OS2. The molecule has 3 aromatic heterocycles. The molecule has 11 heteroatoms. The van der Waals surface area contributed by atoms with Crippen LogP contribution in [0.4, 0.5) is 5.13 Å². The highest BCUT2D eigenvalue weighted by Crippen LogP contribution is 2.29. The Hall–Kier alpha value is -2.82. The number of halogens is 1. The van der Waals surface area contributed by atoms with Gasteiger partial charge in [0.25, 0.3) is 0 Å². The minimum atomic E-state index is -0.189. The number of nitrogens with one attached hydrogen (secondary N) is 1. The predicted octanol–water partition coefficient (Wildman–Crippen LogP) is 3.67. The molecule has 0 saturated carbocycles. The van der Waals surface area contributed by atoms with Gasteiger partial charge in [-0.3, -0.25) is 4.79 Å². The van der Waals surface area contributed by atoms with Gasteiger partial charge in [-0.1, -0.05) is 46.8 Å². The zero-order chi connectivity index (χ0) is 19.1. The predicted molar refractivity (Wildman–Crippen MR) is 110 cm³/mol. The van der Waals surface area contributed by atoms with E-state index >= 15 is 0 Å². The van der Waals surface area contributed by atoms with E-state index in [1.165, 1.54) is 23.1 Å². The Kier molecular flexibility index (Phi) is 4.30. The normalized spacial score (nSPS) is 11.5.